The molecule has 22 heavy (non-hydrogen) atoms. The number of hydrogen-bond acceptors (Lipinski definition) is 6. The fourth-order valence-corrected chi connectivity index (χ4v) is 4.29. The van der Waals surface area contributed by atoms with Gasteiger partial charge in [0.25, 0.3) is 0 Å². The van der Waals surface area contributed by atoms with Crippen molar-refractivity contribution in [3.05, 3.63) is 22.4 Å². The van der Waals surface area contributed by atoms with E-state index in [9.17, 15) is 17.8 Å². The molecule has 118 valence electrons. The van der Waals surface area contributed by atoms with Crippen molar-refractivity contribution in [2.24, 2.45) is 0 Å². The summed E-state index contributed by atoms with van der Waals surface area (Å²) in [5, 5.41) is 0.698. The number of thiophene rings is 1. The van der Waals surface area contributed by atoms with E-state index in [1.807, 2.05) is 5.38 Å². The van der Waals surface area contributed by atoms with Crippen molar-refractivity contribution in [2.45, 2.75) is 37.5 Å². The Bertz CT molecular complexity index is 609. The zero-order chi connectivity index (χ0) is 15.8. The Morgan fingerprint density at radius 3 is 2.50 bits per heavy atom. The molecular weight excluding hydrogens is 337 g/mol. The molecule has 9 heteroatoms. The Labute approximate surface area is 156 Å². The van der Waals surface area contributed by atoms with E-state index in [1.54, 1.807) is 32.9 Å². The van der Waals surface area contributed by atoms with Crippen LogP contribution >= 0.6 is 11.3 Å². The van der Waals surface area contributed by atoms with E-state index < -0.39 is 33.0 Å². The number of carbonyl (C=O) groups is 1. The van der Waals surface area contributed by atoms with Crippen molar-refractivity contribution in [1.82, 2.24) is 4.90 Å². The minimum absolute atomic E-state index is 0. The summed E-state index contributed by atoms with van der Waals surface area (Å²) in [6.07, 6.45) is -0.588. The summed E-state index contributed by atoms with van der Waals surface area (Å²) in [5.41, 5.74) is -0.663. The second kappa shape index (κ2) is 7.19. The maximum absolute atomic E-state index is 12.1. The van der Waals surface area contributed by atoms with Crippen molar-refractivity contribution in [3.63, 3.8) is 0 Å². The van der Waals surface area contributed by atoms with Crippen LogP contribution in [-0.4, -0.2) is 47.9 Å². The first-order valence-electron chi connectivity index (χ1n) is 6.54. The topological polar surface area (TPSA) is 86.7 Å². The number of nitrogens with zero attached hydrogens (tertiary/aromatic N) is 1. The van der Waals surface area contributed by atoms with Gasteiger partial charge in [-0.2, -0.15) is 0 Å². The first-order valence-corrected chi connectivity index (χ1v) is 8.89. The fraction of sp³-hybridized carbons (Fsp3) is 0.615. The number of rotatable bonds is 2. The first-order chi connectivity index (χ1) is 9.58. The van der Waals surface area contributed by atoms with E-state index >= 15 is 0 Å². The molecule has 0 aliphatic carbocycles. The largest absolute Gasteiger partial charge is 1.00 e. The molecule has 1 aliphatic heterocycles. The minimum Gasteiger partial charge on any atom is -0.748 e. The Hall–Kier alpha value is -0.120. The SMILES string of the molecule is CC(C)(C)OC(=O)N1CC(c2cccs2)C(S(=O)(=O)[O-])C1.[Na+]. The number of likely N-dealkylation sites (tertiary alicyclic amines) is 1. The number of hydrogen-bond donors (Lipinski definition) is 0. The molecule has 0 radical (unpaired) electrons. The van der Waals surface area contributed by atoms with Gasteiger partial charge in [-0.3, -0.25) is 0 Å². The van der Waals surface area contributed by atoms with Gasteiger partial charge in [-0.15, -0.1) is 11.3 Å². The predicted octanol–water partition coefficient (Wildman–Crippen LogP) is -1.000. The summed E-state index contributed by atoms with van der Waals surface area (Å²) in [6.45, 7) is 5.27. The summed E-state index contributed by atoms with van der Waals surface area (Å²) in [7, 11) is -4.48. The monoisotopic (exact) mass is 355 g/mol. The Morgan fingerprint density at radius 1 is 1.41 bits per heavy atom. The van der Waals surface area contributed by atoms with Gasteiger partial charge >= 0.3 is 35.7 Å². The van der Waals surface area contributed by atoms with Gasteiger partial charge in [0.1, 0.15) is 5.60 Å². The van der Waals surface area contributed by atoms with Crippen LogP contribution in [0, 0.1) is 0 Å². The van der Waals surface area contributed by atoms with Crippen LogP contribution in [0.4, 0.5) is 4.79 Å². The molecule has 0 aromatic carbocycles. The van der Waals surface area contributed by atoms with Gasteiger partial charge in [0.05, 0.1) is 15.4 Å². The molecule has 6 nitrogen and oxygen atoms in total. The van der Waals surface area contributed by atoms with Crippen LogP contribution in [0.2, 0.25) is 0 Å². The van der Waals surface area contributed by atoms with E-state index in [2.05, 4.69) is 0 Å². The van der Waals surface area contributed by atoms with Crippen LogP contribution in [0.15, 0.2) is 17.5 Å². The van der Waals surface area contributed by atoms with Gasteiger partial charge in [-0.05, 0) is 32.2 Å². The van der Waals surface area contributed by atoms with Crippen molar-refractivity contribution in [3.8, 4) is 0 Å². The van der Waals surface area contributed by atoms with Crippen molar-refractivity contribution in [1.29, 1.82) is 0 Å². The Balaban J connectivity index is 0.00000242. The average Bonchev–Trinajstić information content (AvgIpc) is 2.94. The van der Waals surface area contributed by atoms with E-state index in [1.165, 1.54) is 16.2 Å². The standard InChI is InChI=1S/C13H19NO5S2.Na/c1-13(2,3)19-12(15)14-7-9(10-5-4-6-20-10)11(8-14)21(16,17)18;/h4-6,9,11H,7-8H2,1-3H3,(H,16,17,18);/q;+1/p-1. The van der Waals surface area contributed by atoms with E-state index in [0.717, 1.165) is 4.88 Å². The fourth-order valence-electron chi connectivity index (χ4n) is 2.32. The van der Waals surface area contributed by atoms with Crippen LogP contribution in [0.25, 0.3) is 0 Å². The third-order valence-corrected chi connectivity index (χ3v) is 5.42. The van der Waals surface area contributed by atoms with E-state index in [0.29, 0.717) is 0 Å². The molecule has 0 spiro atoms. The predicted molar refractivity (Wildman–Crippen MR) is 78.4 cm³/mol. The molecule has 1 aliphatic rings. The third-order valence-electron chi connectivity index (χ3n) is 3.20. The van der Waals surface area contributed by atoms with Crippen molar-refractivity contribution in [2.75, 3.05) is 13.1 Å². The molecule has 2 unspecified atom stereocenters. The number of ether oxygens (including phenoxy) is 1. The van der Waals surface area contributed by atoms with Gasteiger partial charge in [-0.1, -0.05) is 6.07 Å². The van der Waals surface area contributed by atoms with Gasteiger partial charge < -0.3 is 14.2 Å². The molecular formula is C13H18NNaO5S2. The number of carbonyl (C=O) groups excluding carboxylic acids is 1. The van der Waals surface area contributed by atoms with Gasteiger partial charge in [-0.25, -0.2) is 13.2 Å². The third kappa shape index (κ3) is 4.94. The smallest absolute Gasteiger partial charge is 0.748 e. The molecule has 0 bridgehead atoms. The van der Waals surface area contributed by atoms with E-state index in [-0.39, 0.29) is 42.6 Å². The van der Waals surface area contributed by atoms with Crippen LogP contribution in [0.1, 0.15) is 31.6 Å². The molecule has 1 saturated heterocycles. The second-order valence-electron chi connectivity index (χ2n) is 6.04. The summed E-state index contributed by atoms with van der Waals surface area (Å²) in [4.78, 5) is 14.2. The molecule has 2 rings (SSSR count). The van der Waals surface area contributed by atoms with Crippen LogP contribution in [0.3, 0.4) is 0 Å². The normalized spacial score (nSPS) is 22.3. The maximum Gasteiger partial charge on any atom is 1.00 e. The van der Waals surface area contributed by atoms with Crippen molar-refractivity contribution >= 4 is 27.5 Å². The van der Waals surface area contributed by atoms with Gasteiger partial charge in [0, 0.05) is 23.9 Å². The molecule has 1 amide bonds. The quantitative estimate of drug-likeness (QED) is 0.502. The minimum atomic E-state index is -4.48. The summed E-state index contributed by atoms with van der Waals surface area (Å²) in [6, 6.07) is 3.58. The zero-order valence-corrected chi connectivity index (χ0v) is 16.7. The molecule has 2 heterocycles. The Kier molecular flexibility index (Phi) is 6.51. The average molecular weight is 355 g/mol. The first kappa shape index (κ1) is 19.9. The summed E-state index contributed by atoms with van der Waals surface area (Å²) in [5.74, 6) is -0.486. The molecule has 1 aromatic rings. The molecule has 0 N–H and O–H groups in total. The molecule has 1 fully saturated rings. The van der Waals surface area contributed by atoms with E-state index in [4.69, 9.17) is 4.74 Å². The van der Waals surface area contributed by atoms with Gasteiger partial charge in [0.2, 0.25) is 0 Å². The Morgan fingerprint density at radius 2 is 2.05 bits per heavy atom. The van der Waals surface area contributed by atoms with Crippen LogP contribution in [0.5, 0.6) is 0 Å². The summed E-state index contributed by atoms with van der Waals surface area (Å²) < 4.78 is 39.6. The van der Waals surface area contributed by atoms with Crippen LogP contribution in [-0.2, 0) is 14.9 Å². The second-order valence-corrected chi connectivity index (χ2v) is 8.61. The molecule has 0 saturated carbocycles. The van der Waals surface area contributed by atoms with Crippen molar-refractivity contribution < 1.29 is 52.1 Å². The molecule has 2 atom stereocenters. The molecule has 1 aromatic heterocycles. The summed E-state index contributed by atoms with van der Waals surface area (Å²) >= 11 is 1.38. The zero-order valence-electron chi connectivity index (χ0n) is 13.1. The van der Waals surface area contributed by atoms with Gasteiger partial charge in [0.15, 0.2) is 0 Å². The number of amides is 1. The van der Waals surface area contributed by atoms with Crippen LogP contribution < -0.4 is 29.6 Å². The maximum atomic E-state index is 12.1.